The van der Waals surface area contributed by atoms with Crippen molar-refractivity contribution < 1.29 is 4.74 Å². The third-order valence-corrected chi connectivity index (χ3v) is 3.97. The van der Waals surface area contributed by atoms with Gasteiger partial charge < -0.3 is 4.74 Å². The summed E-state index contributed by atoms with van der Waals surface area (Å²) in [5, 5.41) is 3.20. The van der Waals surface area contributed by atoms with Gasteiger partial charge in [-0.3, -0.25) is 4.90 Å². The van der Waals surface area contributed by atoms with Gasteiger partial charge in [0.05, 0.1) is 24.2 Å². The minimum absolute atomic E-state index is 0.373. The summed E-state index contributed by atoms with van der Waals surface area (Å²) in [7, 11) is 2.12. The van der Waals surface area contributed by atoms with Gasteiger partial charge in [0.2, 0.25) is 0 Å². The van der Waals surface area contributed by atoms with Crippen molar-refractivity contribution in [2.45, 2.75) is 32.2 Å². The first-order valence-corrected chi connectivity index (χ1v) is 7.42. The van der Waals surface area contributed by atoms with E-state index < -0.39 is 0 Å². The Bertz CT molecular complexity index is 319. The Morgan fingerprint density at radius 1 is 1.53 bits per heavy atom. The highest BCUT2D eigenvalue weighted by Crippen LogP contribution is 2.26. The second-order valence-corrected chi connectivity index (χ2v) is 5.07. The van der Waals surface area contributed by atoms with E-state index in [-0.39, 0.29) is 0 Å². The monoisotopic (exact) mass is 276 g/mol. The highest BCUT2D eigenvalue weighted by Gasteiger charge is 2.18. The number of aromatic nitrogens is 1. The number of nitrogens with zero attached hydrogens (tertiary/aromatic N) is 2. The summed E-state index contributed by atoms with van der Waals surface area (Å²) < 4.78 is 5.38. The third-order valence-electron chi connectivity index (χ3n) is 2.70. The first-order valence-electron chi connectivity index (χ1n) is 6.01. The van der Waals surface area contributed by atoms with Crippen LogP contribution in [0.4, 0.5) is 0 Å². The van der Waals surface area contributed by atoms with Crippen LogP contribution in [0.3, 0.4) is 0 Å². The lowest BCUT2D eigenvalue weighted by atomic mass is 10.2. The molecule has 5 heteroatoms. The number of rotatable bonds is 8. The average Bonchev–Trinajstić information content (AvgIpc) is 2.79. The number of hydrogen-bond donors (Lipinski definition) is 0. The topological polar surface area (TPSA) is 25.4 Å². The van der Waals surface area contributed by atoms with Crippen LogP contribution < -0.4 is 0 Å². The minimum atomic E-state index is 0.373. The minimum Gasteiger partial charge on any atom is -0.380 e. The van der Waals surface area contributed by atoms with Crippen LogP contribution in [0.15, 0.2) is 5.38 Å². The fourth-order valence-electron chi connectivity index (χ4n) is 1.72. The highest BCUT2D eigenvalue weighted by atomic mass is 35.5. The van der Waals surface area contributed by atoms with Crippen molar-refractivity contribution >= 4 is 22.9 Å². The second kappa shape index (κ2) is 8.03. The molecule has 1 aromatic heterocycles. The van der Waals surface area contributed by atoms with Crippen molar-refractivity contribution in [1.82, 2.24) is 9.88 Å². The van der Waals surface area contributed by atoms with E-state index in [4.69, 9.17) is 16.3 Å². The van der Waals surface area contributed by atoms with Gasteiger partial charge in [-0.05, 0) is 20.4 Å². The molecule has 0 saturated heterocycles. The number of halogens is 1. The first-order chi connectivity index (χ1) is 8.22. The molecule has 0 N–H and O–H groups in total. The summed E-state index contributed by atoms with van der Waals surface area (Å²) in [4.78, 5) is 6.85. The van der Waals surface area contributed by atoms with Crippen LogP contribution >= 0.6 is 22.9 Å². The van der Waals surface area contributed by atoms with Crippen molar-refractivity contribution in [2.75, 3.05) is 26.8 Å². The number of ether oxygens (including phenoxy) is 1. The molecule has 0 bridgehead atoms. The summed E-state index contributed by atoms with van der Waals surface area (Å²) in [5.74, 6) is 0.496. The molecule has 0 aliphatic carbocycles. The second-order valence-electron chi connectivity index (χ2n) is 3.91. The van der Waals surface area contributed by atoms with Gasteiger partial charge >= 0.3 is 0 Å². The summed E-state index contributed by atoms with van der Waals surface area (Å²) >= 11 is 7.48. The summed E-state index contributed by atoms with van der Waals surface area (Å²) in [6.07, 6.45) is 1.05. The van der Waals surface area contributed by atoms with Gasteiger partial charge in [0, 0.05) is 18.5 Å². The Hall–Kier alpha value is -0.160. The zero-order chi connectivity index (χ0) is 12.7. The van der Waals surface area contributed by atoms with E-state index in [1.165, 1.54) is 0 Å². The predicted octanol–water partition coefficient (Wildman–Crippen LogP) is 3.30. The van der Waals surface area contributed by atoms with Crippen LogP contribution in [0.5, 0.6) is 0 Å². The van der Waals surface area contributed by atoms with Gasteiger partial charge in [-0.15, -0.1) is 22.9 Å². The van der Waals surface area contributed by atoms with Crippen LogP contribution in [0.25, 0.3) is 0 Å². The zero-order valence-corrected chi connectivity index (χ0v) is 12.4. The Morgan fingerprint density at radius 3 is 2.82 bits per heavy atom. The quantitative estimate of drug-likeness (QED) is 0.538. The van der Waals surface area contributed by atoms with E-state index in [0.717, 1.165) is 36.9 Å². The number of alkyl halides is 1. The van der Waals surface area contributed by atoms with Gasteiger partial charge in [0.15, 0.2) is 0 Å². The Labute approximate surface area is 113 Å². The third kappa shape index (κ3) is 4.54. The van der Waals surface area contributed by atoms with E-state index in [0.29, 0.717) is 11.9 Å². The number of hydrogen-bond acceptors (Lipinski definition) is 4. The molecular formula is C12H21ClN2OS. The van der Waals surface area contributed by atoms with Gasteiger partial charge in [-0.25, -0.2) is 4.98 Å². The Kier molecular flexibility index (Phi) is 7.04. The van der Waals surface area contributed by atoms with Crippen molar-refractivity contribution in [3.8, 4) is 0 Å². The lowest BCUT2D eigenvalue weighted by molar-refractivity contribution is 0.106. The average molecular weight is 277 g/mol. The van der Waals surface area contributed by atoms with E-state index in [9.17, 15) is 0 Å². The molecule has 0 saturated carbocycles. The van der Waals surface area contributed by atoms with Crippen LogP contribution in [-0.4, -0.2) is 36.7 Å². The van der Waals surface area contributed by atoms with Gasteiger partial charge in [-0.2, -0.15) is 0 Å². The first kappa shape index (κ1) is 14.9. The smallest absolute Gasteiger partial charge is 0.110 e. The van der Waals surface area contributed by atoms with Crippen molar-refractivity contribution in [3.63, 3.8) is 0 Å². The molecule has 17 heavy (non-hydrogen) atoms. The lowest BCUT2D eigenvalue weighted by Gasteiger charge is -2.25. The SMILES string of the molecule is CCOCCN(C)C(CC)c1nc(CCl)cs1. The van der Waals surface area contributed by atoms with Crippen LogP contribution in [0.2, 0.25) is 0 Å². The maximum atomic E-state index is 5.78. The molecule has 0 fully saturated rings. The molecule has 0 spiro atoms. The summed E-state index contributed by atoms with van der Waals surface area (Å²) in [6.45, 7) is 6.69. The van der Waals surface area contributed by atoms with Crippen molar-refractivity contribution in [2.24, 2.45) is 0 Å². The molecule has 0 amide bonds. The van der Waals surface area contributed by atoms with E-state index >= 15 is 0 Å². The van der Waals surface area contributed by atoms with Crippen LogP contribution in [0.1, 0.15) is 37.0 Å². The van der Waals surface area contributed by atoms with Crippen molar-refractivity contribution in [1.29, 1.82) is 0 Å². The molecule has 1 aromatic rings. The molecule has 0 radical (unpaired) electrons. The molecule has 1 unspecified atom stereocenters. The Balaban J connectivity index is 2.56. The maximum absolute atomic E-state index is 5.78. The van der Waals surface area contributed by atoms with E-state index in [1.54, 1.807) is 11.3 Å². The molecule has 1 heterocycles. The Morgan fingerprint density at radius 2 is 2.29 bits per heavy atom. The lowest BCUT2D eigenvalue weighted by Crippen LogP contribution is -2.27. The van der Waals surface area contributed by atoms with Gasteiger partial charge in [0.1, 0.15) is 5.01 Å². The predicted molar refractivity (Wildman–Crippen MR) is 73.8 cm³/mol. The summed E-state index contributed by atoms with van der Waals surface area (Å²) in [5.41, 5.74) is 0.975. The zero-order valence-electron chi connectivity index (χ0n) is 10.8. The number of likely N-dealkylation sites (N-methyl/N-ethyl adjacent to an activating group) is 1. The van der Waals surface area contributed by atoms with Crippen molar-refractivity contribution in [3.05, 3.63) is 16.1 Å². The standard InChI is InChI=1S/C12H21ClN2OS/c1-4-11(15(3)6-7-16-5-2)12-14-10(8-13)9-17-12/h9,11H,4-8H2,1-3H3. The maximum Gasteiger partial charge on any atom is 0.110 e. The van der Waals surface area contributed by atoms with E-state index in [2.05, 4.69) is 23.9 Å². The molecule has 1 atom stereocenters. The molecule has 0 aliphatic heterocycles. The molecule has 98 valence electrons. The molecule has 3 nitrogen and oxygen atoms in total. The van der Waals surface area contributed by atoms with Crippen LogP contribution in [0, 0.1) is 0 Å². The fraction of sp³-hybridized carbons (Fsp3) is 0.750. The molecule has 0 aromatic carbocycles. The molecular weight excluding hydrogens is 256 g/mol. The van der Waals surface area contributed by atoms with Gasteiger partial charge in [-0.1, -0.05) is 6.92 Å². The fourth-order valence-corrected chi connectivity index (χ4v) is 3.02. The summed E-state index contributed by atoms with van der Waals surface area (Å²) in [6, 6.07) is 0.373. The highest BCUT2D eigenvalue weighted by molar-refractivity contribution is 7.09. The van der Waals surface area contributed by atoms with E-state index in [1.807, 2.05) is 12.3 Å². The molecule has 0 aliphatic rings. The largest absolute Gasteiger partial charge is 0.380 e. The van der Waals surface area contributed by atoms with Gasteiger partial charge in [0.25, 0.3) is 0 Å². The number of thiazole rings is 1. The van der Waals surface area contributed by atoms with Crippen LogP contribution in [-0.2, 0) is 10.6 Å². The normalized spacial score (nSPS) is 13.2. The molecule has 1 rings (SSSR count).